The lowest BCUT2D eigenvalue weighted by atomic mass is 9.81. The second-order valence-electron chi connectivity index (χ2n) is 5.50. The smallest absolute Gasteiger partial charge is 0.328 e. The van der Waals surface area contributed by atoms with Gasteiger partial charge in [-0.15, -0.1) is 0 Å². The van der Waals surface area contributed by atoms with Crippen molar-refractivity contribution < 1.29 is 24.5 Å². The summed E-state index contributed by atoms with van der Waals surface area (Å²) in [6.07, 6.45) is 2.23. The molecule has 0 spiro atoms. The molecular weight excluding hydrogens is 369 g/mol. The largest absolute Gasteiger partial charge is 0.478 e. The van der Waals surface area contributed by atoms with Crippen LogP contribution in [0.2, 0.25) is 10.0 Å². The number of hydrogen-bond acceptors (Lipinski definition) is 4. The van der Waals surface area contributed by atoms with Crippen molar-refractivity contribution >= 4 is 35.1 Å². The van der Waals surface area contributed by atoms with E-state index in [1.54, 1.807) is 7.11 Å². The molecule has 0 aromatic heterocycles. The molecule has 138 valence electrons. The van der Waals surface area contributed by atoms with Crippen LogP contribution < -0.4 is 5.32 Å². The van der Waals surface area contributed by atoms with Crippen LogP contribution in [-0.2, 0) is 14.3 Å². The zero-order valence-corrected chi connectivity index (χ0v) is 15.3. The molecule has 1 aliphatic heterocycles. The van der Waals surface area contributed by atoms with Crippen LogP contribution >= 0.6 is 23.2 Å². The molecule has 0 bridgehead atoms. The van der Waals surface area contributed by atoms with Crippen molar-refractivity contribution in [2.24, 2.45) is 5.92 Å². The number of halogens is 2. The van der Waals surface area contributed by atoms with Gasteiger partial charge in [-0.2, -0.15) is 0 Å². The van der Waals surface area contributed by atoms with Crippen LogP contribution in [0.15, 0.2) is 30.4 Å². The van der Waals surface area contributed by atoms with E-state index in [0.29, 0.717) is 34.0 Å². The van der Waals surface area contributed by atoms with E-state index in [1.807, 2.05) is 12.1 Å². The van der Waals surface area contributed by atoms with Gasteiger partial charge in [0.05, 0.1) is 16.7 Å². The first kappa shape index (κ1) is 21.4. The van der Waals surface area contributed by atoms with Gasteiger partial charge < -0.3 is 20.3 Å². The Labute approximate surface area is 156 Å². The van der Waals surface area contributed by atoms with Gasteiger partial charge in [-0.25, -0.2) is 9.59 Å². The highest BCUT2D eigenvalue weighted by molar-refractivity contribution is 6.42. The van der Waals surface area contributed by atoms with Crippen LogP contribution in [0.3, 0.4) is 0 Å². The van der Waals surface area contributed by atoms with Crippen LogP contribution in [-0.4, -0.2) is 49.0 Å². The number of methoxy groups -OCH3 is 1. The maximum absolute atomic E-state index is 9.55. The van der Waals surface area contributed by atoms with E-state index in [9.17, 15) is 9.59 Å². The van der Waals surface area contributed by atoms with E-state index in [-0.39, 0.29) is 0 Å². The van der Waals surface area contributed by atoms with E-state index >= 15 is 0 Å². The van der Waals surface area contributed by atoms with Gasteiger partial charge in [0.25, 0.3) is 0 Å². The Kier molecular flexibility index (Phi) is 9.52. The van der Waals surface area contributed by atoms with Crippen LogP contribution in [0.1, 0.15) is 17.9 Å². The molecule has 1 aliphatic rings. The number of carbonyl (C=O) groups is 2. The molecule has 0 saturated carbocycles. The first-order valence-electron chi connectivity index (χ1n) is 7.63. The number of aliphatic carboxylic acids is 2. The molecular formula is C17H21Cl2NO5. The topological polar surface area (TPSA) is 95.9 Å². The Morgan fingerprint density at radius 3 is 2.40 bits per heavy atom. The van der Waals surface area contributed by atoms with Crippen molar-refractivity contribution in [3.8, 4) is 0 Å². The Morgan fingerprint density at radius 1 is 1.24 bits per heavy atom. The number of carboxylic acids is 2. The molecule has 0 amide bonds. The average molecular weight is 390 g/mol. The fourth-order valence-electron chi connectivity index (χ4n) is 2.64. The lowest BCUT2D eigenvalue weighted by Crippen LogP contribution is -2.37. The molecule has 25 heavy (non-hydrogen) atoms. The SMILES string of the molecule is COC[C@@H]1CNCC[C@H]1c1ccc(Cl)c(Cl)c1.O=C(O)/C=C/C(=O)O. The van der Waals surface area contributed by atoms with E-state index < -0.39 is 11.9 Å². The normalized spacial score (nSPS) is 20.0. The van der Waals surface area contributed by atoms with Crippen LogP contribution in [0.4, 0.5) is 0 Å². The number of hydrogen-bond donors (Lipinski definition) is 3. The number of carboxylic acid groups (broad SMARTS) is 2. The Morgan fingerprint density at radius 2 is 1.88 bits per heavy atom. The van der Waals surface area contributed by atoms with E-state index in [1.165, 1.54) is 5.56 Å². The third-order valence-electron chi connectivity index (χ3n) is 3.73. The zero-order chi connectivity index (χ0) is 18.8. The van der Waals surface area contributed by atoms with Crippen molar-refractivity contribution in [1.29, 1.82) is 0 Å². The van der Waals surface area contributed by atoms with Gasteiger partial charge in [0.2, 0.25) is 0 Å². The van der Waals surface area contributed by atoms with E-state index in [4.69, 9.17) is 38.2 Å². The molecule has 8 heteroatoms. The monoisotopic (exact) mass is 389 g/mol. The quantitative estimate of drug-likeness (QED) is 0.669. The fourth-order valence-corrected chi connectivity index (χ4v) is 2.94. The summed E-state index contributed by atoms with van der Waals surface area (Å²) in [7, 11) is 1.75. The summed E-state index contributed by atoms with van der Waals surface area (Å²) in [5.41, 5.74) is 1.27. The van der Waals surface area contributed by atoms with Gasteiger partial charge in [0, 0.05) is 31.7 Å². The summed E-state index contributed by atoms with van der Waals surface area (Å²) in [5.74, 6) is -1.50. The van der Waals surface area contributed by atoms with Gasteiger partial charge >= 0.3 is 11.9 Å². The van der Waals surface area contributed by atoms with Crippen LogP contribution in [0, 0.1) is 5.92 Å². The number of piperidine rings is 1. The third-order valence-corrected chi connectivity index (χ3v) is 4.47. The predicted octanol–water partition coefficient (Wildman–Crippen LogP) is 3.04. The molecule has 2 rings (SSSR count). The van der Waals surface area contributed by atoms with Crippen molar-refractivity contribution in [2.45, 2.75) is 12.3 Å². The molecule has 1 aromatic carbocycles. The standard InChI is InChI=1S/C13H17Cl2NO.C4H4O4/c1-17-8-10-7-16-5-4-11(10)9-2-3-12(14)13(15)6-9;5-3(6)1-2-4(7)8/h2-3,6,10-11,16H,4-5,7-8H2,1H3;1-2H,(H,5,6)(H,7,8)/b;2-1+/t10-,11-;/m0./s1. The van der Waals surface area contributed by atoms with Gasteiger partial charge in [-0.3, -0.25) is 0 Å². The van der Waals surface area contributed by atoms with Crippen molar-refractivity contribution in [3.63, 3.8) is 0 Å². The maximum atomic E-state index is 9.55. The van der Waals surface area contributed by atoms with Crippen LogP contribution in [0.5, 0.6) is 0 Å². The maximum Gasteiger partial charge on any atom is 0.328 e. The minimum atomic E-state index is -1.26. The average Bonchev–Trinajstić information content (AvgIpc) is 2.57. The Bertz CT molecular complexity index is 603. The van der Waals surface area contributed by atoms with Crippen molar-refractivity contribution in [1.82, 2.24) is 5.32 Å². The number of nitrogens with one attached hydrogen (secondary N) is 1. The molecule has 2 atom stereocenters. The molecule has 1 fully saturated rings. The molecule has 6 nitrogen and oxygen atoms in total. The second kappa shape index (κ2) is 11.1. The van der Waals surface area contributed by atoms with Gasteiger partial charge in [0.15, 0.2) is 0 Å². The summed E-state index contributed by atoms with van der Waals surface area (Å²) in [4.78, 5) is 19.1. The minimum absolute atomic E-state index is 0.506. The van der Waals surface area contributed by atoms with Gasteiger partial charge in [-0.05, 0) is 36.6 Å². The summed E-state index contributed by atoms with van der Waals surface area (Å²) < 4.78 is 5.29. The Hall–Kier alpha value is -1.60. The minimum Gasteiger partial charge on any atom is -0.478 e. The Balaban J connectivity index is 0.000000333. The third kappa shape index (κ3) is 7.88. The molecule has 1 aromatic rings. The van der Waals surface area contributed by atoms with E-state index in [0.717, 1.165) is 26.1 Å². The number of benzene rings is 1. The predicted molar refractivity (Wildman–Crippen MR) is 96.5 cm³/mol. The highest BCUT2D eigenvalue weighted by Crippen LogP contribution is 2.34. The number of rotatable bonds is 5. The molecule has 0 radical (unpaired) electrons. The lowest BCUT2D eigenvalue weighted by Gasteiger charge is -2.32. The van der Waals surface area contributed by atoms with Gasteiger partial charge in [0.1, 0.15) is 0 Å². The van der Waals surface area contributed by atoms with Gasteiger partial charge in [-0.1, -0.05) is 29.3 Å². The van der Waals surface area contributed by atoms with Crippen molar-refractivity contribution in [2.75, 3.05) is 26.8 Å². The second-order valence-corrected chi connectivity index (χ2v) is 6.31. The molecule has 1 saturated heterocycles. The summed E-state index contributed by atoms with van der Waals surface area (Å²) in [6.45, 7) is 2.82. The highest BCUT2D eigenvalue weighted by Gasteiger charge is 2.26. The first-order chi connectivity index (χ1) is 11.8. The zero-order valence-electron chi connectivity index (χ0n) is 13.7. The number of ether oxygens (including phenoxy) is 1. The molecule has 1 heterocycles. The lowest BCUT2D eigenvalue weighted by molar-refractivity contribution is -0.134. The molecule has 0 unspecified atom stereocenters. The first-order valence-corrected chi connectivity index (χ1v) is 8.39. The fraction of sp³-hybridized carbons (Fsp3) is 0.412. The van der Waals surface area contributed by atoms with Crippen molar-refractivity contribution in [3.05, 3.63) is 46.0 Å². The molecule has 0 aliphatic carbocycles. The van der Waals surface area contributed by atoms with E-state index in [2.05, 4.69) is 11.4 Å². The summed E-state index contributed by atoms with van der Waals surface area (Å²) >= 11 is 12.0. The van der Waals surface area contributed by atoms with Crippen LogP contribution in [0.25, 0.3) is 0 Å². The summed E-state index contributed by atoms with van der Waals surface area (Å²) in [6, 6.07) is 5.94. The molecule has 3 N–H and O–H groups in total. The highest BCUT2D eigenvalue weighted by atomic mass is 35.5. The summed E-state index contributed by atoms with van der Waals surface area (Å²) in [5, 5.41) is 20.3.